The summed E-state index contributed by atoms with van der Waals surface area (Å²) in [6.07, 6.45) is 0.610. The zero-order valence-electron chi connectivity index (χ0n) is 9.76. The third kappa shape index (κ3) is 3.28. The Bertz CT molecular complexity index is 522. The van der Waals surface area contributed by atoms with E-state index in [2.05, 4.69) is 0 Å². The molecular weight excluding hydrogens is 242 g/mol. The number of benzene rings is 1. The minimum atomic E-state index is -3.81. The molecule has 0 unspecified atom stereocenters. The van der Waals surface area contributed by atoms with Crippen molar-refractivity contribution in [3.63, 3.8) is 0 Å². The van der Waals surface area contributed by atoms with E-state index in [-0.39, 0.29) is 17.1 Å². The third-order valence-corrected chi connectivity index (χ3v) is 3.20. The summed E-state index contributed by atoms with van der Waals surface area (Å²) in [4.78, 5) is 11.6. The van der Waals surface area contributed by atoms with Crippen molar-refractivity contribution < 1.29 is 17.9 Å². The molecular formula is C11H15NO4S. The van der Waals surface area contributed by atoms with Crippen LogP contribution in [-0.4, -0.2) is 21.0 Å². The normalized spacial score (nSPS) is 11.2. The Labute approximate surface area is 101 Å². The number of hydrogen-bond donors (Lipinski definition) is 1. The molecule has 5 nitrogen and oxygen atoms in total. The number of primary sulfonamides is 1. The predicted octanol–water partition coefficient (Wildman–Crippen LogP) is 1.07. The Balaban J connectivity index is 3.30. The van der Waals surface area contributed by atoms with Crippen molar-refractivity contribution in [1.82, 2.24) is 0 Å². The first-order valence-corrected chi connectivity index (χ1v) is 6.77. The van der Waals surface area contributed by atoms with Crippen molar-refractivity contribution in [1.29, 1.82) is 0 Å². The van der Waals surface area contributed by atoms with Crippen molar-refractivity contribution in [3.05, 3.63) is 29.3 Å². The summed E-state index contributed by atoms with van der Waals surface area (Å²) in [5.74, 6) is -0.533. The van der Waals surface area contributed by atoms with E-state index in [0.717, 1.165) is 5.56 Å². The maximum absolute atomic E-state index is 11.6. The summed E-state index contributed by atoms with van der Waals surface area (Å²) >= 11 is 0. The highest BCUT2D eigenvalue weighted by Crippen LogP contribution is 2.17. The van der Waals surface area contributed by atoms with Crippen LogP contribution in [0.3, 0.4) is 0 Å². The molecule has 17 heavy (non-hydrogen) atoms. The first-order valence-electron chi connectivity index (χ1n) is 5.23. The van der Waals surface area contributed by atoms with E-state index in [0.29, 0.717) is 6.42 Å². The van der Waals surface area contributed by atoms with Crippen LogP contribution in [0.15, 0.2) is 23.1 Å². The molecule has 0 saturated heterocycles. The van der Waals surface area contributed by atoms with Crippen LogP contribution >= 0.6 is 0 Å². The van der Waals surface area contributed by atoms with Gasteiger partial charge in [-0.15, -0.1) is 0 Å². The molecule has 0 spiro atoms. The molecule has 0 bridgehead atoms. The Morgan fingerprint density at radius 1 is 1.35 bits per heavy atom. The molecule has 0 aromatic heterocycles. The molecule has 1 rings (SSSR count). The largest absolute Gasteiger partial charge is 0.462 e. The van der Waals surface area contributed by atoms with E-state index in [4.69, 9.17) is 9.88 Å². The SMILES string of the molecule is CCOC(=O)c1cc(S(N)(=O)=O)ccc1CC. The van der Waals surface area contributed by atoms with E-state index in [1.165, 1.54) is 12.1 Å². The van der Waals surface area contributed by atoms with Crippen molar-refractivity contribution in [2.45, 2.75) is 25.2 Å². The van der Waals surface area contributed by atoms with Gasteiger partial charge in [-0.25, -0.2) is 18.4 Å². The summed E-state index contributed by atoms with van der Waals surface area (Å²) in [7, 11) is -3.81. The third-order valence-electron chi connectivity index (χ3n) is 2.29. The molecule has 1 aromatic rings. The summed E-state index contributed by atoms with van der Waals surface area (Å²) in [6, 6.07) is 4.22. The maximum atomic E-state index is 11.6. The van der Waals surface area contributed by atoms with Gasteiger partial charge in [0.25, 0.3) is 0 Å². The standard InChI is InChI=1S/C11H15NO4S/c1-3-8-5-6-9(17(12,14)15)7-10(8)11(13)16-4-2/h5-7H,3-4H2,1-2H3,(H2,12,14,15). The van der Waals surface area contributed by atoms with Crippen LogP contribution in [0, 0.1) is 0 Å². The predicted molar refractivity (Wildman–Crippen MR) is 63.1 cm³/mol. The van der Waals surface area contributed by atoms with Gasteiger partial charge in [0.1, 0.15) is 0 Å². The lowest BCUT2D eigenvalue weighted by atomic mass is 10.1. The van der Waals surface area contributed by atoms with Crippen LogP contribution in [-0.2, 0) is 21.2 Å². The van der Waals surface area contributed by atoms with Gasteiger partial charge in [0.2, 0.25) is 10.0 Å². The van der Waals surface area contributed by atoms with Gasteiger partial charge in [0, 0.05) is 0 Å². The molecule has 0 atom stereocenters. The number of carbonyl (C=O) groups excluding carboxylic acids is 1. The molecule has 0 saturated carbocycles. The number of hydrogen-bond acceptors (Lipinski definition) is 4. The Morgan fingerprint density at radius 3 is 2.47 bits per heavy atom. The highest BCUT2D eigenvalue weighted by atomic mass is 32.2. The van der Waals surface area contributed by atoms with E-state index in [9.17, 15) is 13.2 Å². The Kier molecular flexibility index (Phi) is 4.25. The second-order valence-electron chi connectivity index (χ2n) is 3.44. The number of rotatable bonds is 4. The second-order valence-corrected chi connectivity index (χ2v) is 5.00. The van der Waals surface area contributed by atoms with Crippen LogP contribution in [0.5, 0.6) is 0 Å². The van der Waals surface area contributed by atoms with Gasteiger partial charge in [-0.05, 0) is 31.0 Å². The fourth-order valence-corrected chi connectivity index (χ4v) is 1.98. The zero-order valence-corrected chi connectivity index (χ0v) is 10.6. The van der Waals surface area contributed by atoms with E-state index in [1.54, 1.807) is 13.0 Å². The van der Waals surface area contributed by atoms with Crippen LogP contribution in [0.4, 0.5) is 0 Å². The monoisotopic (exact) mass is 257 g/mol. The van der Waals surface area contributed by atoms with Crippen molar-refractivity contribution in [2.24, 2.45) is 5.14 Å². The lowest BCUT2D eigenvalue weighted by Crippen LogP contribution is -2.15. The average molecular weight is 257 g/mol. The van der Waals surface area contributed by atoms with Gasteiger partial charge >= 0.3 is 5.97 Å². The molecule has 1 aromatic carbocycles. The number of esters is 1. The van der Waals surface area contributed by atoms with Crippen molar-refractivity contribution in [3.8, 4) is 0 Å². The molecule has 0 aliphatic heterocycles. The van der Waals surface area contributed by atoms with Crippen molar-refractivity contribution in [2.75, 3.05) is 6.61 Å². The minimum absolute atomic E-state index is 0.0854. The fourth-order valence-electron chi connectivity index (χ4n) is 1.44. The highest BCUT2D eigenvalue weighted by molar-refractivity contribution is 7.89. The van der Waals surface area contributed by atoms with Gasteiger partial charge in [-0.1, -0.05) is 13.0 Å². The molecule has 0 aliphatic rings. The number of carbonyl (C=O) groups is 1. The lowest BCUT2D eigenvalue weighted by molar-refractivity contribution is 0.0525. The summed E-state index contributed by atoms with van der Waals surface area (Å²) in [6.45, 7) is 3.79. The maximum Gasteiger partial charge on any atom is 0.338 e. The molecule has 0 fully saturated rings. The quantitative estimate of drug-likeness (QED) is 0.817. The van der Waals surface area contributed by atoms with Crippen molar-refractivity contribution >= 4 is 16.0 Å². The zero-order chi connectivity index (χ0) is 13.1. The number of ether oxygens (including phenoxy) is 1. The van der Waals surface area contributed by atoms with Gasteiger partial charge in [-0.3, -0.25) is 0 Å². The van der Waals surface area contributed by atoms with Gasteiger partial charge in [-0.2, -0.15) is 0 Å². The number of sulfonamides is 1. The van der Waals surface area contributed by atoms with E-state index >= 15 is 0 Å². The summed E-state index contributed by atoms with van der Waals surface area (Å²) < 4.78 is 27.2. The van der Waals surface area contributed by atoms with Crippen LogP contribution < -0.4 is 5.14 Å². The van der Waals surface area contributed by atoms with Gasteiger partial charge in [0.15, 0.2) is 0 Å². The average Bonchev–Trinajstić information content (AvgIpc) is 2.27. The molecule has 94 valence electrons. The molecule has 0 aliphatic carbocycles. The van der Waals surface area contributed by atoms with E-state index < -0.39 is 16.0 Å². The van der Waals surface area contributed by atoms with Gasteiger partial charge in [0.05, 0.1) is 17.1 Å². The summed E-state index contributed by atoms with van der Waals surface area (Å²) in [5.41, 5.74) is 0.983. The van der Waals surface area contributed by atoms with Crippen LogP contribution in [0.1, 0.15) is 29.8 Å². The Hall–Kier alpha value is -1.40. The molecule has 0 amide bonds. The molecule has 0 heterocycles. The first-order chi connectivity index (χ1) is 7.90. The molecule has 6 heteroatoms. The molecule has 0 radical (unpaired) electrons. The minimum Gasteiger partial charge on any atom is -0.462 e. The number of aryl methyl sites for hydroxylation is 1. The van der Waals surface area contributed by atoms with Crippen LogP contribution in [0.25, 0.3) is 0 Å². The smallest absolute Gasteiger partial charge is 0.338 e. The first kappa shape index (κ1) is 13.7. The topological polar surface area (TPSA) is 86.5 Å². The lowest BCUT2D eigenvalue weighted by Gasteiger charge is -2.08. The molecule has 2 N–H and O–H groups in total. The van der Waals surface area contributed by atoms with Gasteiger partial charge < -0.3 is 4.74 Å². The fraction of sp³-hybridized carbons (Fsp3) is 0.364. The number of nitrogens with two attached hydrogens (primary N) is 1. The second kappa shape index (κ2) is 5.29. The Morgan fingerprint density at radius 2 is 2.00 bits per heavy atom. The summed E-state index contributed by atoms with van der Waals surface area (Å²) in [5, 5.41) is 5.01. The van der Waals surface area contributed by atoms with E-state index in [1.807, 2.05) is 6.92 Å². The van der Waals surface area contributed by atoms with Crippen LogP contribution in [0.2, 0.25) is 0 Å². The highest BCUT2D eigenvalue weighted by Gasteiger charge is 2.16.